The van der Waals surface area contributed by atoms with E-state index < -0.39 is 0 Å². The largest absolute Gasteiger partial charge is 0.329 e. The monoisotopic (exact) mass is 217 g/mol. The van der Waals surface area contributed by atoms with Crippen LogP contribution in [0.15, 0.2) is 36.4 Å². The van der Waals surface area contributed by atoms with Crippen molar-refractivity contribution in [1.29, 1.82) is 0 Å². The van der Waals surface area contributed by atoms with Crippen molar-refractivity contribution in [3.05, 3.63) is 47.7 Å². The minimum absolute atomic E-state index is 0.683. The highest BCUT2D eigenvalue weighted by Gasteiger charge is 2.02. The van der Waals surface area contributed by atoms with Crippen LogP contribution in [0.25, 0.3) is 0 Å². The number of nitrogens with one attached hydrogen (secondary N) is 2. The van der Waals surface area contributed by atoms with E-state index in [1.165, 1.54) is 0 Å². The molecule has 76 valence electrons. The summed E-state index contributed by atoms with van der Waals surface area (Å²) in [5.41, 5.74) is 2.00. The molecule has 4 heteroatoms. The molecule has 0 aliphatic carbocycles. The van der Waals surface area contributed by atoms with E-state index in [-0.39, 0.29) is 0 Å². The molecule has 0 radical (unpaired) electrons. The molecule has 0 saturated heterocycles. The summed E-state index contributed by atoms with van der Waals surface area (Å²) in [6.07, 6.45) is 0. The Morgan fingerprint density at radius 2 is 2.07 bits per heavy atom. The highest BCUT2D eigenvalue weighted by atomic mass is 32.1. The Morgan fingerprint density at radius 3 is 2.67 bits per heavy atom. The molecular formula is C11H11N3S. The van der Waals surface area contributed by atoms with Crippen molar-refractivity contribution in [3.63, 3.8) is 0 Å². The zero-order chi connectivity index (χ0) is 10.7. The van der Waals surface area contributed by atoms with Gasteiger partial charge in [-0.25, -0.2) is 0 Å². The number of rotatable bonds is 2. The molecule has 1 aromatic carbocycles. The lowest BCUT2D eigenvalue weighted by Gasteiger charge is -2.03. The van der Waals surface area contributed by atoms with Crippen molar-refractivity contribution in [2.75, 3.05) is 5.32 Å². The molecule has 2 N–H and O–H groups in total. The third-order valence-electron chi connectivity index (χ3n) is 1.98. The third-order valence-corrected chi connectivity index (χ3v) is 2.32. The summed E-state index contributed by atoms with van der Waals surface area (Å²) in [5, 5.41) is 9.98. The van der Waals surface area contributed by atoms with Crippen LogP contribution in [0.3, 0.4) is 0 Å². The average Bonchev–Trinajstić information content (AvgIpc) is 2.65. The van der Waals surface area contributed by atoms with Crippen LogP contribution in [0.2, 0.25) is 0 Å². The van der Waals surface area contributed by atoms with Crippen molar-refractivity contribution in [2.45, 2.75) is 6.92 Å². The normalized spacial score (nSPS) is 9.93. The number of benzene rings is 1. The van der Waals surface area contributed by atoms with Crippen LogP contribution in [-0.4, -0.2) is 15.2 Å². The first-order valence-corrected chi connectivity index (χ1v) is 5.05. The second-order valence-corrected chi connectivity index (χ2v) is 3.66. The van der Waals surface area contributed by atoms with E-state index in [9.17, 15) is 0 Å². The van der Waals surface area contributed by atoms with E-state index in [0.717, 1.165) is 17.1 Å². The van der Waals surface area contributed by atoms with Crippen molar-refractivity contribution >= 4 is 23.0 Å². The van der Waals surface area contributed by atoms with Gasteiger partial charge in [-0.3, -0.25) is 5.10 Å². The van der Waals surface area contributed by atoms with Crippen LogP contribution in [0.5, 0.6) is 0 Å². The number of aromatic amines is 1. The fourth-order valence-electron chi connectivity index (χ4n) is 1.26. The van der Waals surface area contributed by atoms with Gasteiger partial charge in [0.05, 0.1) is 0 Å². The van der Waals surface area contributed by atoms with E-state index >= 15 is 0 Å². The fourth-order valence-corrected chi connectivity index (χ4v) is 1.50. The van der Waals surface area contributed by atoms with Gasteiger partial charge in [0, 0.05) is 17.3 Å². The minimum Gasteiger partial charge on any atom is -0.329 e. The molecule has 2 rings (SSSR count). The van der Waals surface area contributed by atoms with Gasteiger partial charge < -0.3 is 5.32 Å². The zero-order valence-electron chi connectivity index (χ0n) is 8.32. The molecule has 0 bridgehead atoms. The van der Waals surface area contributed by atoms with E-state index in [2.05, 4.69) is 15.5 Å². The Labute approximate surface area is 93.5 Å². The van der Waals surface area contributed by atoms with Gasteiger partial charge in [0.2, 0.25) is 0 Å². The van der Waals surface area contributed by atoms with Gasteiger partial charge in [0.15, 0.2) is 5.82 Å². The number of hydrogen-bond donors (Lipinski definition) is 2. The summed E-state index contributed by atoms with van der Waals surface area (Å²) >= 11 is 5.25. The SMILES string of the molecule is Cc1cc(NC(=S)c2ccccc2)n[nH]1. The number of aromatic nitrogens is 2. The van der Waals surface area contributed by atoms with Gasteiger partial charge in [0.25, 0.3) is 0 Å². The molecule has 0 aliphatic heterocycles. The third kappa shape index (κ3) is 2.41. The average molecular weight is 217 g/mol. The van der Waals surface area contributed by atoms with E-state index in [1.807, 2.05) is 43.3 Å². The van der Waals surface area contributed by atoms with Crippen LogP contribution < -0.4 is 5.32 Å². The van der Waals surface area contributed by atoms with Crippen molar-refractivity contribution < 1.29 is 0 Å². The number of nitrogens with zero attached hydrogens (tertiary/aromatic N) is 1. The Hall–Kier alpha value is -1.68. The van der Waals surface area contributed by atoms with Gasteiger partial charge in [-0.05, 0) is 6.92 Å². The highest BCUT2D eigenvalue weighted by molar-refractivity contribution is 7.81. The molecule has 0 unspecified atom stereocenters. The molecule has 0 fully saturated rings. The molecule has 3 nitrogen and oxygen atoms in total. The zero-order valence-corrected chi connectivity index (χ0v) is 9.14. The van der Waals surface area contributed by atoms with Crippen molar-refractivity contribution in [2.24, 2.45) is 0 Å². The number of aryl methyl sites for hydroxylation is 1. The van der Waals surface area contributed by atoms with Crippen molar-refractivity contribution in [1.82, 2.24) is 10.2 Å². The summed E-state index contributed by atoms with van der Waals surface area (Å²) in [6.45, 7) is 1.95. The predicted molar refractivity (Wildman–Crippen MR) is 65.1 cm³/mol. The number of hydrogen-bond acceptors (Lipinski definition) is 2. The second-order valence-electron chi connectivity index (χ2n) is 3.26. The summed E-state index contributed by atoms with van der Waals surface area (Å²) in [7, 11) is 0. The molecule has 0 aliphatic rings. The molecule has 0 atom stereocenters. The van der Waals surface area contributed by atoms with E-state index in [4.69, 9.17) is 12.2 Å². The van der Waals surface area contributed by atoms with Crippen LogP contribution in [0.1, 0.15) is 11.3 Å². The van der Waals surface area contributed by atoms with Gasteiger partial charge in [0.1, 0.15) is 4.99 Å². The molecule has 0 spiro atoms. The Bertz CT molecular complexity index is 462. The highest BCUT2D eigenvalue weighted by Crippen LogP contribution is 2.07. The Balaban J connectivity index is 2.11. The molecule has 2 aromatic rings. The summed E-state index contributed by atoms with van der Waals surface area (Å²) < 4.78 is 0. The summed E-state index contributed by atoms with van der Waals surface area (Å²) in [4.78, 5) is 0.683. The summed E-state index contributed by atoms with van der Waals surface area (Å²) in [5.74, 6) is 0.751. The number of anilines is 1. The van der Waals surface area contributed by atoms with Crippen molar-refractivity contribution in [3.8, 4) is 0 Å². The smallest absolute Gasteiger partial charge is 0.153 e. The fraction of sp³-hybridized carbons (Fsp3) is 0.0909. The maximum absolute atomic E-state index is 5.25. The topological polar surface area (TPSA) is 40.7 Å². The van der Waals surface area contributed by atoms with Gasteiger partial charge in [-0.2, -0.15) is 5.10 Å². The molecule has 1 heterocycles. The first-order chi connectivity index (χ1) is 7.25. The van der Waals surface area contributed by atoms with Gasteiger partial charge in [-0.15, -0.1) is 0 Å². The first kappa shape index (κ1) is 9.86. The quantitative estimate of drug-likeness (QED) is 0.759. The van der Waals surface area contributed by atoms with Crippen LogP contribution in [-0.2, 0) is 0 Å². The Morgan fingerprint density at radius 1 is 1.33 bits per heavy atom. The lowest BCUT2D eigenvalue weighted by molar-refractivity contribution is 1.05. The summed E-state index contributed by atoms with van der Waals surface area (Å²) in [6, 6.07) is 11.7. The Kier molecular flexibility index (Phi) is 2.78. The molecule has 1 aromatic heterocycles. The van der Waals surface area contributed by atoms with Crippen LogP contribution in [0, 0.1) is 6.92 Å². The van der Waals surface area contributed by atoms with Gasteiger partial charge >= 0.3 is 0 Å². The maximum Gasteiger partial charge on any atom is 0.153 e. The first-order valence-electron chi connectivity index (χ1n) is 4.64. The molecular weight excluding hydrogens is 206 g/mol. The maximum atomic E-state index is 5.25. The van der Waals surface area contributed by atoms with E-state index in [1.54, 1.807) is 0 Å². The predicted octanol–water partition coefficient (Wildman–Crippen LogP) is 2.51. The molecule has 0 amide bonds. The number of thiocarbonyl (C=S) groups is 1. The second kappa shape index (κ2) is 4.23. The lowest BCUT2D eigenvalue weighted by atomic mass is 10.2. The molecule has 15 heavy (non-hydrogen) atoms. The number of H-pyrrole nitrogens is 1. The molecule has 0 saturated carbocycles. The minimum atomic E-state index is 0.683. The van der Waals surface area contributed by atoms with E-state index in [0.29, 0.717) is 4.99 Å². The van der Waals surface area contributed by atoms with Crippen LogP contribution in [0.4, 0.5) is 5.82 Å². The lowest BCUT2D eigenvalue weighted by Crippen LogP contribution is -2.10. The standard InChI is InChI=1S/C11H11N3S/c1-8-7-10(14-13-8)12-11(15)9-5-3-2-4-6-9/h2-7H,1H3,(H2,12,13,14,15). The van der Waals surface area contributed by atoms with Gasteiger partial charge in [-0.1, -0.05) is 42.5 Å². The van der Waals surface area contributed by atoms with Crippen LogP contribution >= 0.6 is 12.2 Å².